The Bertz CT molecular complexity index is 517. The number of hydrogen-bond acceptors (Lipinski definition) is 4. The number of benzene rings is 1. The van der Waals surface area contributed by atoms with Crippen molar-refractivity contribution in [3.05, 3.63) is 23.8 Å². The first-order valence-corrected chi connectivity index (χ1v) is 6.67. The van der Waals surface area contributed by atoms with Gasteiger partial charge in [0.25, 0.3) is 5.91 Å². The molecule has 1 aromatic rings. The second-order valence-electron chi connectivity index (χ2n) is 4.80. The summed E-state index contributed by atoms with van der Waals surface area (Å²) in [5.74, 6) is -0.118. The monoisotopic (exact) mass is 336 g/mol. The predicted octanol–water partition coefficient (Wildman–Crippen LogP) is 2.15. The summed E-state index contributed by atoms with van der Waals surface area (Å²) in [5, 5.41) is 3.20. The third-order valence-electron chi connectivity index (χ3n) is 3.39. The molecule has 22 heavy (non-hydrogen) atoms. The lowest BCUT2D eigenvalue weighted by Gasteiger charge is -2.34. The molecule has 1 fully saturated rings. The van der Waals surface area contributed by atoms with Crippen molar-refractivity contribution in [2.75, 3.05) is 26.7 Å². The summed E-state index contributed by atoms with van der Waals surface area (Å²) in [6.45, 7) is 1.09. The zero-order valence-corrected chi connectivity index (χ0v) is 13.2. The molecular formula is C14H19ClF2N2O3. The summed E-state index contributed by atoms with van der Waals surface area (Å²) < 4.78 is 33.9. The van der Waals surface area contributed by atoms with Gasteiger partial charge in [-0.2, -0.15) is 8.78 Å². The number of nitrogens with one attached hydrogen (secondary N) is 1. The molecule has 0 spiro atoms. The van der Waals surface area contributed by atoms with Crippen LogP contribution in [0.5, 0.6) is 11.5 Å². The molecule has 8 heteroatoms. The zero-order chi connectivity index (χ0) is 15.4. The molecule has 5 nitrogen and oxygen atoms in total. The van der Waals surface area contributed by atoms with Crippen LogP contribution in [0.4, 0.5) is 8.78 Å². The number of ether oxygens (including phenoxy) is 2. The SMILES string of the molecule is COc1cc(C(=O)N2CCNC[C@H]2C)ccc1OC(F)F.Cl. The highest BCUT2D eigenvalue weighted by Crippen LogP contribution is 2.30. The maximum atomic E-state index is 12.5. The van der Waals surface area contributed by atoms with E-state index in [0.29, 0.717) is 12.1 Å². The first-order chi connectivity index (χ1) is 10.0. The van der Waals surface area contributed by atoms with Gasteiger partial charge >= 0.3 is 6.61 Å². The van der Waals surface area contributed by atoms with Crippen LogP contribution < -0.4 is 14.8 Å². The summed E-state index contributed by atoms with van der Waals surface area (Å²) in [6.07, 6.45) is 0. The lowest BCUT2D eigenvalue weighted by Crippen LogP contribution is -2.52. The molecule has 0 radical (unpaired) electrons. The Morgan fingerprint density at radius 3 is 2.73 bits per heavy atom. The molecule has 1 amide bonds. The van der Waals surface area contributed by atoms with Gasteiger partial charge in [0.1, 0.15) is 0 Å². The van der Waals surface area contributed by atoms with Crippen molar-refractivity contribution in [2.45, 2.75) is 19.6 Å². The maximum Gasteiger partial charge on any atom is 0.387 e. The van der Waals surface area contributed by atoms with Crippen LogP contribution in [-0.4, -0.2) is 50.2 Å². The van der Waals surface area contributed by atoms with E-state index >= 15 is 0 Å². The highest BCUT2D eigenvalue weighted by atomic mass is 35.5. The largest absolute Gasteiger partial charge is 0.493 e. The van der Waals surface area contributed by atoms with E-state index in [1.54, 1.807) is 4.90 Å². The second-order valence-corrected chi connectivity index (χ2v) is 4.80. The smallest absolute Gasteiger partial charge is 0.387 e. The van der Waals surface area contributed by atoms with E-state index in [1.807, 2.05) is 6.92 Å². The van der Waals surface area contributed by atoms with E-state index in [-0.39, 0.29) is 35.9 Å². The minimum atomic E-state index is -2.94. The number of amides is 1. The van der Waals surface area contributed by atoms with Gasteiger partial charge in [-0.1, -0.05) is 0 Å². The van der Waals surface area contributed by atoms with Gasteiger partial charge in [0, 0.05) is 31.2 Å². The van der Waals surface area contributed by atoms with E-state index in [9.17, 15) is 13.6 Å². The van der Waals surface area contributed by atoms with E-state index in [2.05, 4.69) is 10.1 Å². The Labute approximate surface area is 134 Å². The van der Waals surface area contributed by atoms with Crippen molar-refractivity contribution in [2.24, 2.45) is 0 Å². The average Bonchev–Trinajstić information content (AvgIpc) is 2.47. The van der Waals surface area contributed by atoms with Crippen LogP contribution >= 0.6 is 12.4 Å². The van der Waals surface area contributed by atoms with Crippen molar-refractivity contribution in [1.82, 2.24) is 10.2 Å². The third-order valence-corrected chi connectivity index (χ3v) is 3.39. The molecule has 0 aliphatic carbocycles. The molecule has 1 aliphatic heterocycles. The van der Waals surface area contributed by atoms with Crippen LogP contribution in [0, 0.1) is 0 Å². The number of alkyl halides is 2. The fourth-order valence-corrected chi connectivity index (χ4v) is 2.30. The summed E-state index contributed by atoms with van der Waals surface area (Å²) in [7, 11) is 1.34. The van der Waals surface area contributed by atoms with Gasteiger partial charge in [0.05, 0.1) is 7.11 Å². The van der Waals surface area contributed by atoms with Gasteiger partial charge in [-0.15, -0.1) is 12.4 Å². The molecule has 1 N–H and O–H groups in total. The Morgan fingerprint density at radius 1 is 1.41 bits per heavy atom. The highest BCUT2D eigenvalue weighted by molar-refractivity contribution is 5.95. The Morgan fingerprint density at radius 2 is 2.14 bits per heavy atom. The Kier molecular flexibility index (Phi) is 6.83. The third kappa shape index (κ3) is 4.20. The van der Waals surface area contributed by atoms with E-state index in [1.165, 1.54) is 25.3 Å². The van der Waals surface area contributed by atoms with Crippen molar-refractivity contribution < 1.29 is 23.0 Å². The van der Waals surface area contributed by atoms with E-state index < -0.39 is 6.61 Å². The quantitative estimate of drug-likeness (QED) is 0.915. The fraction of sp³-hybridized carbons (Fsp3) is 0.500. The van der Waals surface area contributed by atoms with E-state index in [0.717, 1.165) is 13.1 Å². The van der Waals surface area contributed by atoms with Crippen LogP contribution in [0.3, 0.4) is 0 Å². The number of hydrogen-bond donors (Lipinski definition) is 1. The van der Waals surface area contributed by atoms with Gasteiger partial charge in [0.15, 0.2) is 11.5 Å². The second kappa shape index (κ2) is 8.14. The Balaban J connectivity index is 0.00000242. The number of carbonyl (C=O) groups is 1. The van der Waals surface area contributed by atoms with Gasteiger partial charge in [0.2, 0.25) is 0 Å². The van der Waals surface area contributed by atoms with Gasteiger partial charge in [-0.3, -0.25) is 4.79 Å². The number of nitrogens with zero attached hydrogens (tertiary/aromatic N) is 1. The van der Waals surface area contributed by atoms with E-state index in [4.69, 9.17) is 4.74 Å². The van der Waals surface area contributed by atoms with Crippen molar-refractivity contribution in [3.8, 4) is 11.5 Å². The molecule has 0 unspecified atom stereocenters. The van der Waals surface area contributed by atoms with Crippen LogP contribution in [-0.2, 0) is 0 Å². The topological polar surface area (TPSA) is 50.8 Å². The molecule has 1 saturated heterocycles. The minimum Gasteiger partial charge on any atom is -0.493 e. The maximum absolute atomic E-state index is 12.5. The standard InChI is InChI=1S/C14H18F2N2O3.ClH/c1-9-8-17-5-6-18(9)13(19)10-3-4-11(21-14(15)16)12(7-10)20-2;/h3-4,7,9,14,17H,5-6,8H2,1-2H3;1H/t9-;/m1./s1. The number of piperazine rings is 1. The number of rotatable bonds is 4. The molecule has 0 bridgehead atoms. The minimum absolute atomic E-state index is 0. The lowest BCUT2D eigenvalue weighted by atomic mass is 10.1. The molecular weight excluding hydrogens is 318 g/mol. The molecule has 124 valence electrons. The Hall–Kier alpha value is -1.60. The van der Waals surface area contributed by atoms with Gasteiger partial charge in [-0.25, -0.2) is 0 Å². The first-order valence-electron chi connectivity index (χ1n) is 6.67. The number of carbonyl (C=O) groups excluding carboxylic acids is 1. The summed E-state index contributed by atoms with van der Waals surface area (Å²) >= 11 is 0. The summed E-state index contributed by atoms with van der Waals surface area (Å²) in [5.41, 5.74) is 0.391. The van der Waals surface area contributed by atoms with Crippen molar-refractivity contribution >= 4 is 18.3 Å². The van der Waals surface area contributed by atoms with Crippen LogP contribution in [0.2, 0.25) is 0 Å². The average molecular weight is 337 g/mol. The fourth-order valence-electron chi connectivity index (χ4n) is 2.30. The molecule has 1 atom stereocenters. The summed E-state index contributed by atoms with van der Waals surface area (Å²) in [6, 6.07) is 4.30. The normalized spacial score (nSPS) is 17.9. The van der Waals surface area contributed by atoms with Gasteiger partial charge < -0.3 is 19.7 Å². The molecule has 1 aliphatic rings. The predicted molar refractivity (Wildman–Crippen MR) is 80.2 cm³/mol. The summed E-state index contributed by atoms with van der Waals surface area (Å²) in [4.78, 5) is 14.2. The van der Waals surface area contributed by atoms with Crippen molar-refractivity contribution in [1.29, 1.82) is 0 Å². The van der Waals surface area contributed by atoms with Crippen LogP contribution in [0.25, 0.3) is 0 Å². The molecule has 0 saturated carbocycles. The van der Waals surface area contributed by atoms with Crippen molar-refractivity contribution in [3.63, 3.8) is 0 Å². The number of halogens is 3. The lowest BCUT2D eigenvalue weighted by molar-refractivity contribution is -0.0512. The zero-order valence-electron chi connectivity index (χ0n) is 12.3. The molecule has 2 rings (SSSR count). The highest BCUT2D eigenvalue weighted by Gasteiger charge is 2.25. The van der Waals surface area contributed by atoms with Crippen LogP contribution in [0.1, 0.15) is 17.3 Å². The molecule has 1 aromatic carbocycles. The number of methoxy groups -OCH3 is 1. The van der Waals surface area contributed by atoms with Crippen LogP contribution in [0.15, 0.2) is 18.2 Å². The first kappa shape index (κ1) is 18.4. The van der Waals surface area contributed by atoms with Gasteiger partial charge in [-0.05, 0) is 25.1 Å². The molecule has 0 aromatic heterocycles. The molecule has 1 heterocycles.